The maximum Gasteiger partial charge on any atom is 0.306 e. The summed E-state index contributed by atoms with van der Waals surface area (Å²) >= 11 is 0. The van der Waals surface area contributed by atoms with Gasteiger partial charge in [-0.3, -0.25) is 9.36 Å². The molecule has 0 fully saturated rings. The molecule has 9 nitrogen and oxygen atoms in total. The number of carbonyl (C=O) groups excluding carboxylic acids is 1. The van der Waals surface area contributed by atoms with Crippen LogP contribution in [-0.4, -0.2) is 75.3 Å². The maximum absolute atomic E-state index is 12.5. The quantitative estimate of drug-likeness (QED) is 0.0124. The Labute approximate surface area is 354 Å². The first-order chi connectivity index (χ1) is 28.0. The van der Waals surface area contributed by atoms with Crippen LogP contribution in [0.3, 0.4) is 0 Å². The first-order valence-electron chi connectivity index (χ1n) is 22.1. The van der Waals surface area contributed by atoms with Gasteiger partial charge in [0.2, 0.25) is 0 Å². The molecule has 0 aliphatic heterocycles. The average molecular weight is 832 g/mol. The summed E-state index contributed by atoms with van der Waals surface area (Å²) in [6.07, 6.45) is 51.5. The van der Waals surface area contributed by atoms with Crippen molar-refractivity contribution >= 4 is 13.8 Å². The Hall–Kier alpha value is -2.78. The largest absolute Gasteiger partial charge is 0.756 e. The van der Waals surface area contributed by atoms with Crippen LogP contribution in [0.2, 0.25) is 0 Å². The monoisotopic (exact) mass is 832 g/mol. The second kappa shape index (κ2) is 39.7. The molecule has 0 saturated carbocycles. The van der Waals surface area contributed by atoms with Gasteiger partial charge in [-0.05, 0) is 83.1 Å². The Morgan fingerprint density at radius 1 is 0.672 bits per heavy atom. The molecule has 3 atom stereocenters. The van der Waals surface area contributed by atoms with E-state index < -0.39 is 26.0 Å². The number of hydrogen-bond acceptors (Lipinski definition) is 8. The second-order valence-electron chi connectivity index (χ2n) is 15.6. The minimum absolute atomic E-state index is 0.00216. The van der Waals surface area contributed by atoms with E-state index in [1.807, 2.05) is 63.7 Å². The molecule has 1 N–H and O–H groups in total. The molecular formula is C48H82NO8P. The van der Waals surface area contributed by atoms with E-state index >= 15 is 0 Å². The third kappa shape index (κ3) is 42.8. The molecule has 0 aromatic carbocycles. The fourth-order valence-corrected chi connectivity index (χ4v) is 6.01. The molecule has 2 unspecified atom stereocenters. The summed E-state index contributed by atoms with van der Waals surface area (Å²) in [7, 11) is 1.28. The Balaban J connectivity index is 4.48. The van der Waals surface area contributed by atoms with E-state index in [2.05, 4.69) is 56.4 Å². The third-order valence-electron chi connectivity index (χ3n) is 8.80. The summed E-state index contributed by atoms with van der Waals surface area (Å²) in [4.78, 5) is 24.8. The fraction of sp³-hybridized carbons (Fsp3) is 0.646. The highest BCUT2D eigenvalue weighted by atomic mass is 31.2. The number of aliphatic hydroxyl groups is 1. The van der Waals surface area contributed by atoms with E-state index in [0.717, 1.165) is 51.4 Å². The fourth-order valence-electron chi connectivity index (χ4n) is 5.28. The molecule has 10 heteroatoms. The number of phosphoric acid groups is 1. The molecule has 332 valence electrons. The van der Waals surface area contributed by atoms with Crippen LogP contribution in [-0.2, 0) is 27.9 Å². The average Bonchev–Trinajstić information content (AvgIpc) is 3.17. The summed E-state index contributed by atoms with van der Waals surface area (Å²) in [6, 6.07) is 0. The molecular weight excluding hydrogens is 750 g/mol. The van der Waals surface area contributed by atoms with E-state index in [-0.39, 0.29) is 26.2 Å². The minimum Gasteiger partial charge on any atom is -0.756 e. The molecule has 0 aliphatic rings. The molecule has 0 rings (SSSR count). The van der Waals surface area contributed by atoms with Crippen LogP contribution in [0.4, 0.5) is 0 Å². The summed E-state index contributed by atoms with van der Waals surface area (Å²) < 4.78 is 34.2. The zero-order valence-corrected chi connectivity index (χ0v) is 38.0. The minimum atomic E-state index is -4.55. The molecule has 0 heterocycles. The topological polar surface area (TPSA) is 114 Å². The van der Waals surface area contributed by atoms with Gasteiger partial charge in [0.1, 0.15) is 19.8 Å². The van der Waals surface area contributed by atoms with Gasteiger partial charge in [0.05, 0.1) is 40.1 Å². The lowest BCUT2D eigenvalue weighted by Gasteiger charge is -2.28. The predicted octanol–water partition coefficient (Wildman–Crippen LogP) is 11.7. The highest BCUT2D eigenvalue weighted by Crippen LogP contribution is 2.38. The van der Waals surface area contributed by atoms with Gasteiger partial charge in [-0.25, -0.2) is 0 Å². The summed E-state index contributed by atoms with van der Waals surface area (Å²) in [5, 5.41) is 9.84. The standard InChI is InChI=1S/C48H82NO8P/c1-6-8-10-11-12-13-14-15-16-17-21-24-27-30-33-37-42-54-47(45-57-58(52,53)56-43-41-49(3,4)5)44-55-48(51)40-36-32-29-26-23-20-18-19-22-25-28-31-35-39-46(50)38-34-9-7-2/h9,15-16,19-20,22-23,28-29,31-32,34-35,37,39,42,46-47,50H,6-8,10-14,17-18,21,24-27,30,33,36,38,40-41,43-45H2,1-5H3/b16-15-,22-19-,23-20-,31-28+,32-29-,34-9-,39-35+,42-37+/t46?,47-/m1/s1. The SMILES string of the molecule is CC/C=C\CC(O)/C=C/C=C/C/C=C\C/C=C\C/C=C\CCC(=O)OC[C@H](COP(=O)([O-])OCC[N+](C)(C)C)O/C=C/CCCCCC/C=C\CCCCCCCC. The normalized spacial score (nSPS) is 15.2. The third-order valence-corrected chi connectivity index (χ3v) is 9.77. The number of rotatable bonds is 39. The number of aliphatic hydroxyl groups excluding tert-OH is 1. The van der Waals surface area contributed by atoms with E-state index in [1.165, 1.54) is 57.8 Å². The first kappa shape index (κ1) is 55.2. The number of esters is 1. The Bertz CT molecular complexity index is 1260. The molecule has 0 amide bonds. The van der Waals surface area contributed by atoms with E-state index in [4.69, 9.17) is 18.5 Å². The molecule has 58 heavy (non-hydrogen) atoms. The van der Waals surface area contributed by atoms with E-state index in [0.29, 0.717) is 23.9 Å². The van der Waals surface area contributed by atoms with Crippen LogP contribution in [0, 0.1) is 0 Å². The van der Waals surface area contributed by atoms with Crippen LogP contribution in [0.15, 0.2) is 97.4 Å². The molecule has 0 spiro atoms. The van der Waals surface area contributed by atoms with Crippen molar-refractivity contribution in [3.8, 4) is 0 Å². The lowest BCUT2D eigenvalue weighted by Crippen LogP contribution is -2.37. The van der Waals surface area contributed by atoms with Gasteiger partial charge in [-0.1, -0.05) is 144 Å². The van der Waals surface area contributed by atoms with Crippen molar-refractivity contribution in [2.45, 2.75) is 154 Å². The van der Waals surface area contributed by atoms with Gasteiger partial charge in [0, 0.05) is 6.42 Å². The van der Waals surface area contributed by atoms with Crippen molar-refractivity contribution in [3.63, 3.8) is 0 Å². The van der Waals surface area contributed by atoms with Crippen molar-refractivity contribution in [3.05, 3.63) is 97.4 Å². The number of nitrogens with zero attached hydrogens (tertiary/aromatic N) is 1. The zero-order chi connectivity index (χ0) is 42.8. The van der Waals surface area contributed by atoms with Crippen molar-refractivity contribution < 1.29 is 42.4 Å². The number of allylic oxidation sites excluding steroid dienone is 13. The highest BCUT2D eigenvalue weighted by Gasteiger charge is 2.19. The maximum atomic E-state index is 12.5. The van der Waals surface area contributed by atoms with Gasteiger partial charge in [0.25, 0.3) is 7.82 Å². The molecule has 0 bridgehead atoms. The number of hydrogen-bond donors (Lipinski definition) is 1. The zero-order valence-electron chi connectivity index (χ0n) is 37.1. The lowest BCUT2D eigenvalue weighted by molar-refractivity contribution is -0.870. The number of ether oxygens (including phenoxy) is 2. The van der Waals surface area contributed by atoms with Gasteiger partial charge >= 0.3 is 5.97 Å². The van der Waals surface area contributed by atoms with Crippen LogP contribution in [0.5, 0.6) is 0 Å². The Morgan fingerprint density at radius 3 is 1.86 bits per heavy atom. The Kier molecular flexibility index (Phi) is 37.8. The summed E-state index contributed by atoms with van der Waals surface area (Å²) in [5.41, 5.74) is 0. The first-order valence-corrected chi connectivity index (χ1v) is 23.6. The van der Waals surface area contributed by atoms with Crippen molar-refractivity contribution in [1.29, 1.82) is 0 Å². The van der Waals surface area contributed by atoms with E-state index in [1.54, 1.807) is 12.3 Å². The highest BCUT2D eigenvalue weighted by molar-refractivity contribution is 7.45. The molecule has 0 saturated heterocycles. The van der Waals surface area contributed by atoms with Gasteiger partial charge in [-0.15, -0.1) is 0 Å². The smallest absolute Gasteiger partial charge is 0.306 e. The van der Waals surface area contributed by atoms with Crippen LogP contribution in [0.1, 0.15) is 142 Å². The lowest BCUT2D eigenvalue weighted by atomic mass is 10.1. The summed E-state index contributed by atoms with van der Waals surface area (Å²) in [5.74, 6) is -0.394. The van der Waals surface area contributed by atoms with Gasteiger partial charge < -0.3 is 33.0 Å². The number of phosphoric ester groups is 1. The number of likely N-dealkylation sites (N-methyl/N-ethyl adjacent to an activating group) is 1. The molecule has 0 aromatic rings. The molecule has 0 aliphatic carbocycles. The second-order valence-corrected chi connectivity index (χ2v) is 17.0. The van der Waals surface area contributed by atoms with Crippen LogP contribution in [0.25, 0.3) is 0 Å². The van der Waals surface area contributed by atoms with Crippen molar-refractivity contribution in [2.24, 2.45) is 0 Å². The van der Waals surface area contributed by atoms with Crippen LogP contribution < -0.4 is 4.89 Å². The van der Waals surface area contributed by atoms with Crippen LogP contribution >= 0.6 is 7.82 Å². The number of unbranched alkanes of at least 4 members (excludes halogenated alkanes) is 11. The Morgan fingerprint density at radius 2 is 1.24 bits per heavy atom. The van der Waals surface area contributed by atoms with Crippen molar-refractivity contribution in [2.75, 3.05) is 47.5 Å². The van der Waals surface area contributed by atoms with Gasteiger partial charge in [0.15, 0.2) is 6.10 Å². The molecule has 0 radical (unpaired) electrons. The van der Waals surface area contributed by atoms with Gasteiger partial charge in [-0.2, -0.15) is 0 Å². The van der Waals surface area contributed by atoms with Crippen molar-refractivity contribution in [1.82, 2.24) is 0 Å². The molecule has 0 aromatic heterocycles. The summed E-state index contributed by atoms with van der Waals surface area (Å²) in [6.45, 7) is 4.36. The number of quaternary nitrogens is 1. The number of carbonyl (C=O) groups is 1. The van der Waals surface area contributed by atoms with E-state index in [9.17, 15) is 19.4 Å². The predicted molar refractivity (Wildman–Crippen MR) is 241 cm³/mol.